The maximum absolute atomic E-state index is 12.5. The number of benzene rings is 2. The molecule has 0 atom stereocenters. The van der Waals surface area contributed by atoms with E-state index in [0.717, 1.165) is 11.3 Å². The summed E-state index contributed by atoms with van der Waals surface area (Å²) in [5.41, 5.74) is 1.88. The quantitative estimate of drug-likeness (QED) is 0.382. The van der Waals surface area contributed by atoms with Crippen LogP contribution in [0.5, 0.6) is 17.2 Å². The van der Waals surface area contributed by atoms with Gasteiger partial charge in [-0.2, -0.15) is 4.99 Å². The van der Waals surface area contributed by atoms with Crippen LogP contribution in [0.3, 0.4) is 0 Å². The van der Waals surface area contributed by atoms with Gasteiger partial charge < -0.3 is 19.0 Å². The zero-order chi connectivity index (χ0) is 24.2. The van der Waals surface area contributed by atoms with Crippen molar-refractivity contribution in [2.45, 2.75) is 20.8 Å². The molecule has 0 aliphatic carbocycles. The summed E-state index contributed by atoms with van der Waals surface area (Å²) in [7, 11) is 0. The van der Waals surface area contributed by atoms with Gasteiger partial charge in [-0.1, -0.05) is 12.1 Å². The number of ether oxygens (including phenoxy) is 3. The predicted octanol–water partition coefficient (Wildman–Crippen LogP) is 5.06. The molecule has 0 spiro atoms. The van der Waals surface area contributed by atoms with Crippen molar-refractivity contribution in [2.24, 2.45) is 4.99 Å². The number of hydrogen-bond acceptors (Lipinski definition) is 6. The van der Waals surface area contributed by atoms with E-state index in [1.807, 2.05) is 38.1 Å². The second-order valence-electron chi connectivity index (χ2n) is 7.60. The van der Waals surface area contributed by atoms with Gasteiger partial charge in [0.1, 0.15) is 24.7 Å². The number of nitrogens with one attached hydrogen (secondary N) is 1. The van der Waals surface area contributed by atoms with Crippen LogP contribution in [0.15, 0.2) is 63.3 Å². The molecule has 0 saturated carbocycles. The van der Waals surface area contributed by atoms with E-state index in [4.69, 9.17) is 24.5 Å². The number of amides is 1. The van der Waals surface area contributed by atoms with E-state index in [9.17, 15) is 4.79 Å². The minimum atomic E-state index is -0.506. The Morgan fingerprint density at radius 2 is 1.94 bits per heavy atom. The number of hydrogen-bond donors (Lipinski definition) is 1. The molecule has 2 aliphatic heterocycles. The topological polar surface area (TPSA) is 93.4 Å². The molecule has 0 unspecified atom stereocenters. The minimum Gasteiger partial charge on any atom is -0.490 e. The van der Waals surface area contributed by atoms with E-state index in [2.05, 4.69) is 20.9 Å². The number of carbonyl (C=O) groups is 1. The summed E-state index contributed by atoms with van der Waals surface area (Å²) in [5.74, 6) is 2.11. The summed E-state index contributed by atoms with van der Waals surface area (Å²) in [6, 6.07) is 11.4. The number of nitrogens with zero attached hydrogens (tertiary/aromatic N) is 2. The van der Waals surface area contributed by atoms with E-state index in [1.165, 1.54) is 5.06 Å². The lowest BCUT2D eigenvalue weighted by atomic mass is 10.1. The monoisotopic (exact) mass is 525 g/mol. The average Bonchev–Trinajstić information content (AvgIpc) is 3.16. The zero-order valence-corrected chi connectivity index (χ0v) is 20.6. The van der Waals surface area contributed by atoms with Crippen molar-refractivity contribution in [1.82, 2.24) is 5.06 Å². The summed E-state index contributed by atoms with van der Waals surface area (Å²) >= 11 is 3.54. The first kappa shape index (κ1) is 23.6. The van der Waals surface area contributed by atoms with Gasteiger partial charge in [-0.05, 0) is 78.2 Å². The lowest BCUT2D eigenvalue weighted by molar-refractivity contribution is -0.114. The highest BCUT2D eigenvalue weighted by Gasteiger charge is 2.34. The summed E-state index contributed by atoms with van der Waals surface area (Å²) in [5, 5.41) is 9.62. The predicted molar refractivity (Wildman–Crippen MR) is 132 cm³/mol. The summed E-state index contributed by atoms with van der Waals surface area (Å²) in [6.45, 7) is 6.72. The number of fused-ring (bicyclic) bond motifs is 1. The van der Waals surface area contributed by atoms with Crippen LogP contribution in [-0.2, 0) is 9.63 Å². The van der Waals surface area contributed by atoms with E-state index >= 15 is 0 Å². The number of halogens is 1. The van der Waals surface area contributed by atoms with Crippen molar-refractivity contribution in [3.8, 4) is 17.2 Å². The molecule has 0 bridgehead atoms. The minimum absolute atomic E-state index is 0.0780. The molecule has 176 valence electrons. The Bertz CT molecular complexity index is 1240. The lowest BCUT2D eigenvalue weighted by Gasteiger charge is -2.23. The van der Waals surface area contributed by atoms with Crippen LogP contribution >= 0.6 is 15.9 Å². The Morgan fingerprint density at radius 3 is 2.71 bits per heavy atom. The highest BCUT2D eigenvalue weighted by Crippen LogP contribution is 2.38. The van der Waals surface area contributed by atoms with Crippen LogP contribution in [0.2, 0.25) is 0 Å². The van der Waals surface area contributed by atoms with Crippen LogP contribution in [0.25, 0.3) is 6.08 Å². The molecular weight excluding hydrogens is 502 g/mol. The number of aryl methyl sites for hydroxylation is 1. The second kappa shape index (κ2) is 10.1. The molecule has 4 rings (SSSR count). The van der Waals surface area contributed by atoms with Gasteiger partial charge in [0.15, 0.2) is 23.2 Å². The third-order valence-electron chi connectivity index (χ3n) is 4.91. The molecule has 0 saturated heterocycles. The highest BCUT2D eigenvalue weighted by molar-refractivity contribution is 9.10. The first-order valence-electron chi connectivity index (χ1n) is 10.7. The van der Waals surface area contributed by atoms with E-state index < -0.39 is 5.91 Å². The maximum atomic E-state index is 12.5. The van der Waals surface area contributed by atoms with Crippen LogP contribution in [0.1, 0.15) is 25.0 Å². The van der Waals surface area contributed by atoms with Gasteiger partial charge in [0.05, 0.1) is 16.7 Å². The summed E-state index contributed by atoms with van der Waals surface area (Å²) in [4.78, 5) is 22.0. The van der Waals surface area contributed by atoms with Gasteiger partial charge in [0.25, 0.3) is 5.91 Å². The molecule has 0 radical (unpaired) electrons. The van der Waals surface area contributed by atoms with Crippen molar-refractivity contribution in [1.29, 1.82) is 5.41 Å². The molecule has 8 nitrogen and oxygen atoms in total. The number of carbonyl (C=O) groups excluding carboxylic acids is 1. The Balaban J connectivity index is 1.51. The van der Waals surface area contributed by atoms with Crippen LogP contribution < -0.4 is 14.2 Å². The maximum Gasteiger partial charge on any atom is 0.282 e. The third kappa shape index (κ3) is 5.14. The molecule has 2 aromatic carbocycles. The highest BCUT2D eigenvalue weighted by atomic mass is 79.9. The Morgan fingerprint density at radius 1 is 1.15 bits per heavy atom. The summed E-state index contributed by atoms with van der Waals surface area (Å²) in [6.07, 6.45) is 3.20. The Hall–Kier alpha value is -3.59. The molecule has 2 aliphatic rings. The number of allylic oxidation sites excluding steroid dienone is 1. The number of amidine groups is 2. The van der Waals surface area contributed by atoms with Crippen LogP contribution in [0, 0.1) is 12.3 Å². The van der Waals surface area contributed by atoms with Gasteiger partial charge in [-0.15, -0.1) is 5.06 Å². The molecule has 1 N–H and O–H groups in total. The Labute approximate surface area is 206 Å². The van der Waals surface area contributed by atoms with Crippen LogP contribution in [-0.4, -0.2) is 42.5 Å². The molecule has 0 aromatic heterocycles. The van der Waals surface area contributed by atoms with Crippen molar-refractivity contribution in [2.75, 3.05) is 19.8 Å². The fraction of sp³-hybridized carbons (Fsp3) is 0.240. The molecular formula is C25H24BrN3O5. The van der Waals surface area contributed by atoms with Crippen molar-refractivity contribution in [3.63, 3.8) is 0 Å². The lowest BCUT2D eigenvalue weighted by Crippen LogP contribution is -2.38. The standard InChI is InChI=1S/C25H24BrN3O5/c1-4-31-21-14-17(12-19-24(27)29-22(28-25(19)30)11-16(3)34-29)13-20(26)23(21)33-9-8-32-18-7-5-6-15(2)10-18/h5-7,10-14,27H,4,8-9H2,1-3H3/b19-12-,27-24?. The molecule has 1 amide bonds. The van der Waals surface area contributed by atoms with Gasteiger partial charge in [-0.25, -0.2) is 0 Å². The van der Waals surface area contributed by atoms with Gasteiger partial charge in [-0.3, -0.25) is 10.2 Å². The van der Waals surface area contributed by atoms with Gasteiger partial charge in [0.2, 0.25) is 0 Å². The summed E-state index contributed by atoms with van der Waals surface area (Å²) < 4.78 is 18.1. The molecule has 34 heavy (non-hydrogen) atoms. The first-order chi connectivity index (χ1) is 16.4. The number of aliphatic imine (C=N–C) groups is 1. The first-order valence-corrected chi connectivity index (χ1v) is 11.5. The van der Waals surface area contributed by atoms with Crippen LogP contribution in [0.4, 0.5) is 0 Å². The fourth-order valence-corrected chi connectivity index (χ4v) is 4.02. The van der Waals surface area contributed by atoms with Crippen molar-refractivity contribution < 1.29 is 23.8 Å². The van der Waals surface area contributed by atoms with E-state index in [-0.39, 0.29) is 11.4 Å². The van der Waals surface area contributed by atoms with Gasteiger partial charge >= 0.3 is 0 Å². The zero-order valence-electron chi connectivity index (χ0n) is 19.1. The second-order valence-corrected chi connectivity index (χ2v) is 8.45. The average molecular weight is 526 g/mol. The van der Waals surface area contributed by atoms with Gasteiger partial charge in [0, 0.05) is 6.08 Å². The molecule has 0 fully saturated rings. The molecule has 9 heteroatoms. The largest absolute Gasteiger partial charge is 0.490 e. The fourth-order valence-electron chi connectivity index (χ4n) is 3.45. The smallest absolute Gasteiger partial charge is 0.282 e. The van der Waals surface area contributed by atoms with E-state index in [0.29, 0.717) is 53.0 Å². The third-order valence-corrected chi connectivity index (χ3v) is 5.50. The number of rotatable bonds is 8. The van der Waals surface area contributed by atoms with Crippen molar-refractivity contribution in [3.05, 3.63) is 69.4 Å². The molecule has 2 heterocycles. The number of hydroxylamine groups is 2. The van der Waals surface area contributed by atoms with Crippen molar-refractivity contribution >= 4 is 39.6 Å². The SMILES string of the molecule is CCOc1cc(/C=C2/C(=N)N3OC(C)=CC3=NC2=O)cc(Br)c1OCCOc1cccc(C)c1. The Kier molecular flexibility index (Phi) is 7.02. The normalized spacial score (nSPS) is 16.1. The van der Waals surface area contributed by atoms with E-state index in [1.54, 1.807) is 31.2 Å². The molecule has 2 aromatic rings.